The number of benzene rings is 1. The van der Waals surface area contributed by atoms with Crippen molar-refractivity contribution >= 4 is 0 Å². The molecule has 3 heteroatoms. The van der Waals surface area contributed by atoms with Gasteiger partial charge in [0.15, 0.2) is 0 Å². The van der Waals surface area contributed by atoms with E-state index in [0.29, 0.717) is 12.1 Å². The normalized spacial score (nSPS) is 30.0. The molecule has 2 saturated heterocycles. The van der Waals surface area contributed by atoms with Crippen LogP contribution in [0.1, 0.15) is 24.3 Å². The molecular weight excluding hydrogens is 282 g/mol. The molecule has 2 aliphatic heterocycles. The van der Waals surface area contributed by atoms with Crippen molar-refractivity contribution in [2.45, 2.75) is 30.8 Å². The van der Waals surface area contributed by atoms with Crippen molar-refractivity contribution in [1.29, 1.82) is 0 Å². The maximum Gasteiger partial charge on any atom is 0.0346 e. The lowest BCUT2D eigenvalue weighted by Crippen LogP contribution is -2.72. The van der Waals surface area contributed by atoms with E-state index in [4.69, 9.17) is 0 Å². The summed E-state index contributed by atoms with van der Waals surface area (Å²) >= 11 is 0. The molecule has 0 spiro atoms. The summed E-state index contributed by atoms with van der Waals surface area (Å²) in [4.78, 5) is 6.99. The van der Waals surface area contributed by atoms with Gasteiger partial charge in [-0.3, -0.25) is 9.88 Å². The summed E-state index contributed by atoms with van der Waals surface area (Å²) in [6.07, 6.45) is 6.67. The molecule has 118 valence electrons. The molecule has 1 saturated carbocycles. The summed E-state index contributed by atoms with van der Waals surface area (Å²) in [5, 5.41) is 3.59. The summed E-state index contributed by atoms with van der Waals surface area (Å²) < 4.78 is 0. The van der Waals surface area contributed by atoms with E-state index >= 15 is 0 Å². The maximum absolute atomic E-state index is 4.22. The van der Waals surface area contributed by atoms with Gasteiger partial charge in [-0.05, 0) is 41.5 Å². The van der Waals surface area contributed by atoms with Gasteiger partial charge in [0.1, 0.15) is 0 Å². The molecule has 1 N–H and O–H groups in total. The van der Waals surface area contributed by atoms with E-state index in [9.17, 15) is 0 Å². The molecule has 23 heavy (non-hydrogen) atoms. The van der Waals surface area contributed by atoms with Crippen LogP contribution in [0.25, 0.3) is 11.1 Å². The van der Waals surface area contributed by atoms with Gasteiger partial charge in [-0.2, -0.15) is 0 Å². The van der Waals surface area contributed by atoms with Gasteiger partial charge in [-0.15, -0.1) is 0 Å². The standard InChI is InChI=1S/C20H23N3/c1-2-17(10-21-9-1)15-5-7-16(8-6-15)20-18-11-22-12-19(20)23(18)13-14-3-4-14/h1-2,5-10,14,18-20,22H,3-4,11-13H2/t18-,19+,20?. The fraction of sp³-hybridized carbons (Fsp3) is 0.450. The van der Waals surface area contributed by atoms with Gasteiger partial charge in [0.25, 0.3) is 0 Å². The van der Waals surface area contributed by atoms with Crippen LogP contribution in [-0.2, 0) is 0 Å². The second-order valence-corrected chi connectivity index (χ2v) is 7.32. The van der Waals surface area contributed by atoms with Crippen molar-refractivity contribution in [3.05, 3.63) is 54.4 Å². The zero-order valence-corrected chi connectivity index (χ0v) is 13.4. The van der Waals surface area contributed by atoms with E-state index in [1.165, 1.54) is 36.1 Å². The van der Waals surface area contributed by atoms with Crippen molar-refractivity contribution in [3.8, 4) is 11.1 Å². The summed E-state index contributed by atoms with van der Waals surface area (Å²) in [5.41, 5.74) is 3.98. The van der Waals surface area contributed by atoms with Crippen LogP contribution in [0.15, 0.2) is 48.8 Å². The lowest BCUT2D eigenvalue weighted by Gasteiger charge is -2.59. The van der Waals surface area contributed by atoms with Crippen molar-refractivity contribution in [3.63, 3.8) is 0 Å². The zero-order valence-electron chi connectivity index (χ0n) is 13.4. The van der Waals surface area contributed by atoms with Crippen molar-refractivity contribution in [2.24, 2.45) is 5.92 Å². The van der Waals surface area contributed by atoms with Crippen LogP contribution in [0.2, 0.25) is 0 Å². The molecule has 0 amide bonds. The molecule has 2 bridgehead atoms. The number of hydrogen-bond donors (Lipinski definition) is 1. The number of rotatable bonds is 4. The topological polar surface area (TPSA) is 28.2 Å². The minimum Gasteiger partial charge on any atom is -0.314 e. The Hall–Kier alpha value is -1.71. The molecule has 2 aromatic rings. The van der Waals surface area contributed by atoms with Crippen molar-refractivity contribution in [2.75, 3.05) is 19.6 Å². The van der Waals surface area contributed by atoms with Crippen LogP contribution in [0.5, 0.6) is 0 Å². The summed E-state index contributed by atoms with van der Waals surface area (Å²) in [5.74, 6) is 1.71. The first-order chi connectivity index (χ1) is 11.4. The molecule has 3 atom stereocenters. The van der Waals surface area contributed by atoms with Crippen molar-refractivity contribution in [1.82, 2.24) is 15.2 Å². The Morgan fingerprint density at radius 1 is 1.00 bits per heavy atom. The number of hydrogen-bond acceptors (Lipinski definition) is 3. The van der Waals surface area contributed by atoms with Crippen LogP contribution in [0.3, 0.4) is 0 Å². The predicted octanol–water partition coefficient (Wildman–Crippen LogP) is 2.90. The van der Waals surface area contributed by atoms with Gasteiger partial charge < -0.3 is 5.32 Å². The minimum atomic E-state index is 0.707. The Morgan fingerprint density at radius 3 is 2.43 bits per heavy atom. The first-order valence-electron chi connectivity index (χ1n) is 8.87. The molecule has 3 nitrogen and oxygen atoms in total. The van der Waals surface area contributed by atoms with Gasteiger partial charge in [-0.25, -0.2) is 0 Å². The lowest BCUT2D eigenvalue weighted by atomic mass is 9.72. The summed E-state index contributed by atoms with van der Waals surface area (Å²) in [6, 6.07) is 14.7. The number of pyridine rings is 1. The molecule has 3 fully saturated rings. The van der Waals surface area contributed by atoms with E-state index in [1.807, 2.05) is 18.5 Å². The van der Waals surface area contributed by atoms with Gasteiger partial charge in [0.2, 0.25) is 0 Å². The molecule has 5 rings (SSSR count). The second kappa shape index (κ2) is 5.43. The Bertz CT molecular complexity index is 666. The molecule has 3 heterocycles. The number of likely N-dealkylation sites (tertiary alicyclic amines) is 1. The number of fused-ring (bicyclic) bond motifs is 2. The summed E-state index contributed by atoms with van der Waals surface area (Å²) in [6.45, 7) is 3.64. The number of piperidine rings is 1. The van der Waals surface area contributed by atoms with E-state index in [0.717, 1.165) is 24.9 Å². The van der Waals surface area contributed by atoms with E-state index in [2.05, 4.69) is 45.5 Å². The van der Waals surface area contributed by atoms with Gasteiger partial charge in [0.05, 0.1) is 0 Å². The lowest BCUT2D eigenvalue weighted by molar-refractivity contribution is -0.0443. The monoisotopic (exact) mass is 305 g/mol. The third-order valence-corrected chi connectivity index (χ3v) is 5.84. The SMILES string of the molecule is c1cncc(-c2ccc(C3[C@H]4CNC[C@@H]3N4CC3CC3)cc2)c1. The quantitative estimate of drug-likeness (QED) is 0.941. The highest BCUT2D eigenvalue weighted by molar-refractivity contribution is 5.62. The first kappa shape index (κ1) is 13.7. The van der Waals surface area contributed by atoms with Crippen LogP contribution in [0.4, 0.5) is 0 Å². The number of aromatic nitrogens is 1. The highest BCUT2D eigenvalue weighted by atomic mass is 15.3. The molecule has 3 aliphatic rings. The van der Waals surface area contributed by atoms with Crippen LogP contribution >= 0.6 is 0 Å². The number of nitrogens with zero attached hydrogens (tertiary/aromatic N) is 2. The minimum absolute atomic E-state index is 0.707. The number of nitrogens with one attached hydrogen (secondary N) is 1. The Kier molecular flexibility index (Phi) is 3.24. The first-order valence-corrected chi connectivity index (χ1v) is 8.87. The fourth-order valence-electron chi connectivity index (χ4n) is 4.43. The third-order valence-electron chi connectivity index (χ3n) is 5.84. The van der Waals surface area contributed by atoms with Gasteiger partial charge in [0, 0.05) is 50.0 Å². The zero-order chi connectivity index (χ0) is 15.2. The number of piperazine rings is 1. The Morgan fingerprint density at radius 2 is 1.78 bits per heavy atom. The van der Waals surface area contributed by atoms with Crippen molar-refractivity contribution < 1.29 is 0 Å². The molecular formula is C20H23N3. The average Bonchev–Trinajstić information content (AvgIpc) is 3.45. The van der Waals surface area contributed by atoms with Gasteiger partial charge in [-0.1, -0.05) is 30.3 Å². The third kappa shape index (κ3) is 2.39. The van der Waals surface area contributed by atoms with E-state index in [-0.39, 0.29) is 0 Å². The highest BCUT2D eigenvalue weighted by Gasteiger charge is 2.52. The van der Waals surface area contributed by atoms with E-state index in [1.54, 1.807) is 0 Å². The fourth-order valence-corrected chi connectivity index (χ4v) is 4.43. The van der Waals surface area contributed by atoms with Crippen LogP contribution < -0.4 is 5.32 Å². The molecule has 1 aromatic heterocycles. The molecule has 1 aromatic carbocycles. The smallest absolute Gasteiger partial charge is 0.0346 e. The molecule has 1 unspecified atom stereocenters. The molecule has 1 aliphatic carbocycles. The molecule has 0 radical (unpaired) electrons. The van der Waals surface area contributed by atoms with E-state index < -0.39 is 0 Å². The highest BCUT2D eigenvalue weighted by Crippen LogP contribution is 2.45. The van der Waals surface area contributed by atoms with Gasteiger partial charge >= 0.3 is 0 Å². The maximum atomic E-state index is 4.22. The largest absolute Gasteiger partial charge is 0.314 e. The Labute approximate surface area is 137 Å². The van der Waals surface area contributed by atoms with Crippen LogP contribution in [-0.4, -0.2) is 41.6 Å². The Balaban J connectivity index is 1.36. The van der Waals surface area contributed by atoms with Crippen LogP contribution in [0, 0.1) is 5.92 Å². The average molecular weight is 305 g/mol. The predicted molar refractivity (Wildman–Crippen MR) is 92.3 cm³/mol. The summed E-state index contributed by atoms with van der Waals surface area (Å²) in [7, 11) is 0. The second-order valence-electron chi connectivity index (χ2n) is 7.32.